The van der Waals surface area contributed by atoms with Crippen LogP contribution >= 0.6 is 0 Å². The summed E-state index contributed by atoms with van der Waals surface area (Å²) in [6, 6.07) is 10.2. The van der Waals surface area contributed by atoms with Crippen LogP contribution in [-0.2, 0) is 13.5 Å². The molecule has 3 rings (SSSR count). The lowest BCUT2D eigenvalue weighted by Crippen LogP contribution is -2.22. The SMILES string of the molecule is CC(NCCc1noc2ccccc12)c1ccn(C)n1. The van der Waals surface area contributed by atoms with Crippen molar-refractivity contribution in [1.29, 1.82) is 0 Å². The number of hydrogen-bond donors (Lipinski definition) is 1. The molecule has 3 aromatic rings. The summed E-state index contributed by atoms with van der Waals surface area (Å²) in [4.78, 5) is 0. The van der Waals surface area contributed by atoms with Crippen molar-refractivity contribution in [3.05, 3.63) is 47.9 Å². The van der Waals surface area contributed by atoms with Crippen molar-refractivity contribution in [2.75, 3.05) is 6.54 Å². The molecule has 0 aliphatic rings. The van der Waals surface area contributed by atoms with Gasteiger partial charge < -0.3 is 9.84 Å². The van der Waals surface area contributed by atoms with Gasteiger partial charge in [-0.2, -0.15) is 5.10 Å². The largest absolute Gasteiger partial charge is 0.356 e. The topological polar surface area (TPSA) is 55.9 Å². The molecule has 5 heteroatoms. The summed E-state index contributed by atoms with van der Waals surface area (Å²) in [5.41, 5.74) is 2.90. The Morgan fingerprint density at radius 1 is 1.30 bits per heavy atom. The molecule has 0 saturated carbocycles. The fourth-order valence-corrected chi connectivity index (χ4v) is 2.29. The van der Waals surface area contributed by atoms with Crippen molar-refractivity contribution in [3.8, 4) is 0 Å². The maximum absolute atomic E-state index is 5.30. The molecule has 0 spiro atoms. The molecule has 104 valence electrons. The van der Waals surface area contributed by atoms with Gasteiger partial charge in [0.15, 0.2) is 5.58 Å². The zero-order chi connectivity index (χ0) is 13.9. The normalized spacial score (nSPS) is 12.9. The van der Waals surface area contributed by atoms with Crippen LogP contribution < -0.4 is 5.32 Å². The van der Waals surface area contributed by atoms with Crippen LogP contribution in [0.2, 0.25) is 0 Å². The molecule has 20 heavy (non-hydrogen) atoms. The molecule has 2 aromatic heterocycles. The maximum Gasteiger partial charge on any atom is 0.167 e. The van der Waals surface area contributed by atoms with Crippen LogP contribution in [0.15, 0.2) is 41.1 Å². The van der Waals surface area contributed by atoms with Crippen molar-refractivity contribution in [3.63, 3.8) is 0 Å². The first-order valence-corrected chi connectivity index (χ1v) is 6.80. The highest BCUT2D eigenvalue weighted by Crippen LogP contribution is 2.18. The Hall–Kier alpha value is -2.14. The predicted molar refractivity (Wildman–Crippen MR) is 77.3 cm³/mol. The average Bonchev–Trinajstić information content (AvgIpc) is 3.06. The van der Waals surface area contributed by atoms with E-state index in [2.05, 4.69) is 22.5 Å². The van der Waals surface area contributed by atoms with Gasteiger partial charge in [-0.05, 0) is 25.1 Å². The molecule has 2 heterocycles. The highest BCUT2D eigenvalue weighted by Gasteiger charge is 2.10. The molecule has 1 unspecified atom stereocenters. The Balaban J connectivity index is 1.60. The molecule has 1 N–H and O–H groups in total. The number of hydrogen-bond acceptors (Lipinski definition) is 4. The Morgan fingerprint density at radius 2 is 2.15 bits per heavy atom. The van der Waals surface area contributed by atoms with Gasteiger partial charge in [0, 0.05) is 37.6 Å². The van der Waals surface area contributed by atoms with Crippen molar-refractivity contribution >= 4 is 11.0 Å². The molecule has 0 aliphatic heterocycles. The minimum absolute atomic E-state index is 0.231. The number of benzene rings is 1. The zero-order valence-electron chi connectivity index (χ0n) is 11.7. The average molecular weight is 270 g/mol. The molecule has 0 fully saturated rings. The number of para-hydroxylation sites is 1. The fraction of sp³-hybridized carbons (Fsp3) is 0.333. The lowest BCUT2D eigenvalue weighted by atomic mass is 10.1. The summed E-state index contributed by atoms with van der Waals surface area (Å²) in [6.45, 7) is 2.96. The summed E-state index contributed by atoms with van der Waals surface area (Å²) in [5, 5.41) is 13.1. The number of fused-ring (bicyclic) bond motifs is 1. The summed E-state index contributed by atoms with van der Waals surface area (Å²) in [6.07, 6.45) is 2.80. The molecule has 0 aliphatic carbocycles. The highest BCUT2D eigenvalue weighted by molar-refractivity contribution is 5.79. The third kappa shape index (κ3) is 2.58. The van der Waals surface area contributed by atoms with Crippen LogP contribution in [0.1, 0.15) is 24.4 Å². The van der Waals surface area contributed by atoms with E-state index < -0.39 is 0 Å². The van der Waals surface area contributed by atoms with Crippen LogP contribution in [0.5, 0.6) is 0 Å². The minimum atomic E-state index is 0.231. The molecule has 5 nitrogen and oxygen atoms in total. The molecular formula is C15H18N4O. The van der Waals surface area contributed by atoms with Gasteiger partial charge in [0.25, 0.3) is 0 Å². The number of nitrogens with one attached hydrogen (secondary N) is 1. The smallest absolute Gasteiger partial charge is 0.167 e. The first-order valence-electron chi connectivity index (χ1n) is 6.80. The molecule has 0 saturated heterocycles. The Bertz CT molecular complexity index is 701. The van der Waals surface area contributed by atoms with Crippen LogP contribution in [0, 0.1) is 0 Å². The molecule has 1 atom stereocenters. The third-order valence-corrected chi connectivity index (χ3v) is 3.44. The van der Waals surface area contributed by atoms with E-state index in [9.17, 15) is 0 Å². The third-order valence-electron chi connectivity index (χ3n) is 3.44. The Morgan fingerprint density at radius 3 is 2.95 bits per heavy atom. The second-order valence-corrected chi connectivity index (χ2v) is 4.97. The highest BCUT2D eigenvalue weighted by atomic mass is 16.5. The second-order valence-electron chi connectivity index (χ2n) is 4.97. The van der Waals surface area contributed by atoms with Crippen LogP contribution in [0.3, 0.4) is 0 Å². The number of rotatable bonds is 5. The van der Waals surface area contributed by atoms with Crippen molar-refractivity contribution in [1.82, 2.24) is 20.3 Å². The standard InChI is InChI=1S/C15H18N4O/c1-11(13-8-10-19(2)17-13)16-9-7-14-12-5-3-4-6-15(12)20-18-14/h3-6,8,10-11,16H,7,9H2,1-2H3. The van der Waals surface area contributed by atoms with Crippen LogP contribution in [0.4, 0.5) is 0 Å². The summed E-state index contributed by atoms with van der Waals surface area (Å²) in [5.74, 6) is 0. The second kappa shape index (κ2) is 5.46. The van der Waals surface area contributed by atoms with E-state index in [4.69, 9.17) is 4.52 Å². The predicted octanol–water partition coefficient (Wildman–Crippen LogP) is 2.45. The van der Waals surface area contributed by atoms with Gasteiger partial charge in [-0.1, -0.05) is 17.3 Å². The van der Waals surface area contributed by atoms with E-state index in [-0.39, 0.29) is 6.04 Å². The lowest BCUT2D eigenvalue weighted by Gasteiger charge is -2.10. The van der Waals surface area contributed by atoms with E-state index in [1.807, 2.05) is 48.3 Å². The molecule has 1 aromatic carbocycles. The Kier molecular flexibility index (Phi) is 3.52. The number of nitrogens with zero attached hydrogens (tertiary/aromatic N) is 3. The molecule has 0 amide bonds. The fourth-order valence-electron chi connectivity index (χ4n) is 2.29. The van der Waals surface area contributed by atoms with Gasteiger partial charge in [0.05, 0.1) is 11.4 Å². The molecule has 0 bridgehead atoms. The van der Waals surface area contributed by atoms with Crippen molar-refractivity contribution in [2.45, 2.75) is 19.4 Å². The first kappa shape index (κ1) is 12.9. The van der Waals surface area contributed by atoms with E-state index in [1.54, 1.807) is 0 Å². The van der Waals surface area contributed by atoms with Crippen molar-refractivity contribution < 1.29 is 4.52 Å². The van der Waals surface area contributed by atoms with Crippen LogP contribution in [-0.4, -0.2) is 21.5 Å². The monoisotopic (exact) mass is 270 g/mol. The van der Waals surface area contributed by atoms with E-state index >= 15 is 0 Å². The van der Waals surface area contributed by atoms with E-state index in [1.165, 1.54) is 0 Å². The first-order chi connectivity index (χ1) is 9.74. The van der Waals surface area contributed by atoms with Gasteiger partial charge in [-0.15, -0.1) is 0 Å². The number of aryl methyl sites for hydroxylation is 1. The Labute approximate surface area is 117 Å². The zero-order valence-corrected chi connectivity index (χ0v) is 11.7. The van der Waals surface area contributed by atoms with E-state index in [0.29, 0.717) is 0 Å². The van der Waals surface area contributed by atoms with Gasteiger partial charge in [0.1, 0.15) is 0 Å². The summed E-state index contributed by atoms with van der Waals surface area (Å²) in [7, 11) is 1.93. The van der Waals surface area contributed by atoms with Gasteiger partial charge in [0.2, 0.25) is 0 Å². The maximum atomic E-state index is 5.30. The number of aromatic nitrogens is 3. The van der Waals surface area contributed by atoms with Gasteiger partial charge in [-0.25, -0.2) is 0 Å². The van der Waals surface area contributed by atoms with E-state index in [0.717, 1.165) is 35.3 Å². The molecular weight excluding hydrogens is 252 g/mol. The van der Waals surface area contributed by atoms with Gasteiger partial charge >= 0.3 is 0 Å². The molecule has 0 radical (unpaired) electrons. The van der Waals surface area contributed by atoms with Gasteiger partial charge in [-0.3, -0.25) is 4.68 Å². The summed E-state index contributed by atoms with van der Waals surface area (Å²) >= 11 is 0. The minimum Gasteiger partial charge on any atom is -0.356 e. The quantitative estimate of drug-likeness (QED) is 0.773. The lowest BCUT2D eigenvalue weighted by molar-refractivity contribution is 0.442. The summed E-state index contributed by atoms with van der Waals surface area (Å²) < 4.78 is 7.12. The van der Waals surface area contributed by atoms with Crippen molar-refractivity contribution in [2.24, 2.45) is 7.05 Å². The van der Waals surface area contributed by atoms with Crippen LogP contribution in [0.25, 0.3) is 11.0 Å².